The molecule has 0 atom stereocenters. The molecule has 0 aliphatic carbocycles. The van der Waals surface area contributed by atoms with Gasteiger partial charge in [0.1, 0.15) is 13.1 Å². The second-order valence-corrected chi connectivity index (χ2v) is 4.79. The number of nitrogens with zero attached hydrogens (tertiary/aromatic N) is 4. The predicted molar refractivity (Wildman–Crippen MR) is 74.0 cm³/mol. The first-order valence-electron chi connectivity index (χ1n) is 6.92. The molecule has 7 heteroatoms. The summed E-state index contributed by atoms with van der Waals surface area (Å²) in [6.45, 7) is 5.76. The van der Waals surface area contributed by atoms with E-state index >= 15 is 0 Å². The molecule has 0 unspecified atom stereocenters. The summed E-state index contributed by atoms with van der Waals surface area (Å²) >= 11 is 0. The van der Waals surface area contributed by atoms with E-state index in [1.54, 1.807) is 9.58 Å². The Bertz CT molecular complexity index is 523. The molecule has 2 N–H and O–H groups in total. The minimum Gasteiger partial charge on any atom is -0.370 e. The number of tetrazole rings is 1. The van der Waals surface area contributed by atoms with Gasteiger partial charge in [0.25, 0.3) is 0 Å². The summed E-state index contributed by atoms with van der Waals surface area (Å²) in [5.41, 5.74) is 0.957. The van der Waals surface area contributed by atoms with E-state index in [9.17, 15) is 0 Å². The van der Waals surface area contributed by atoms with Crippen LogP contribution >= 0.6 is 0 Å². The largest absolute Gasteiger partial charge is 0.370 e. The molecule has 2 heterocycles. The molecule has 2 aromatic rings. The molecule has 0 saturated carbocycles. The Kier molecular flexibility index (Phi) is 4.19. The van der Waals surface area contributed by atoms with Crippen LogP contribution in [0.15, 0.2) is 30.3 Å². The highest BCUT2D eigenvalue weighted by molar-refractivity contribution is 5.38. The van der Waals surface area contributed by atoms with E-state index in [1.807, 2.05) is 30.3 Å². The van der Waals surface area contributed by atoms with Gasteiger partial charge in [0.2, 0.25) is 5.95 Å². The minimum atomic E-state index is 0.684. The standard InChI is InChI=1S/C13H18N6O/c1-2-4-12(5-3-1)19-13(15-16-17-19)14-6-7-18-8-10-20-11-9-18/h1-5H,6-11H2,(H,14,15,17)/p+1. The van der Waals surface area contributed by atoms with Crippen LogP contribution in [0.1, 0.15) is 0 Å². The molecule has 1 fully saturated rings. The number of aromatic nitrogens is 4. The zero-order chi connectivity index (χ0) is 13.6. The smallest absolute Gasteiger partial charge is 0.247 e. The third-order valence-electron chi connectivity index (χ3n) is 3.43. The Morgan fingerprint density at radius 3 is 2.80 bits per heavy atom. The number of benzene rings is 1. The maximum atomic E-state index is 5.35. The summed E-state index contributed by atoms with van der Waals surface area (Å²) in [4.78, 5) is 1.56. The van der Waals surface area contributed by atoms with Crippen molar-refractivity contribution in [2.24, 2.45) is 0 Å². The van der Waals surface area contributed by atoms with Gasteiger partial charge in [0.05, 0.1) is 32.0 Å². The van der Waals surface area contributed by atoms with Crippen LogP contribution in [0.4, 0.5) is 5.95 Å². The van der Waals surface area contributed by atoms with E-state index in [2.05, 4.69) is 20.8 Å². The number of hydrogen-bond donors (Lipinski definition) is 2. The van der Waals surface area contributed by atoms with Crippen molar-refractivity contribution >= 4 is 5.95 Å². The first-order chi connectivity index (χ1) is 9.93. The lowest BCUT2D eigenvalue weighted by molar-refractivity contribution is -0.906. The summed E-state index contributed by atoms with van der Waals surface area (Å²) in [5.74, 6) is 0.684. The number of rotatable bonds is 5. The van der Waals surface area contributed by atoms with Gasteiger partial charge in [-0.1, -0.05) is 23.3 Å². The normalized spacial score (nSPS) is 16.2. The first-order valence-corrected chi connectivity index (χ1v) is 6.92. The third-order valence-corrected chi connectivity index (χ3v) is 3.43. The number of ether oxygens (including phenoxy) is 1. The van der Waals surface area contributed by atoms with E-state index in [0.29, 0.717) is 5.95 Å². The summed E-state index contributed by atoms with van der Waals surface area (Å²) < 4.78 is 7.07. The van der Waals surface area contributed by atoms with E-state index < -0.39 is 0 Å². The first kappa shape index (κ1) is 13.0. The Balaban J connectivity index is 1.57. The summed E-state index contributed by atoms with van der Waals surface area (Å²) in [6.07, 6.45) is 0. The van der Waals surface area contributed by atoms with Crippen LogP contribution in [0.3, 0.4) is 0 Å². The summed E-state index contributed by atoms with van der Waals surface area (Å²) in [6, 6.07) is 9.88. The Morgan fingerprint density at radius 1 is 1.20 bits per heavy atom. The van der Waals surface area contributed by atoms with Crippen molar-refractivity contribution < 1.29 is 9.64 Å². The van der Waals surface area contributed by atoms with Gasteiger partial charge >= 0.3 is 0 Å². The monoisotopic (exact) mass is 275 g/mol. The fourth-order valence-corrected chi connectivity index (χ4v) is 2.30. The highest BCUT2D eigenvalue weighted by Crippen LogP contribution is 2.09. The van der Waals surface area contributed by atoms with Crippen LogP contribution in [0.2, 0.25) is 0 Å². The topological polar surface area (TPSA) is 69.3 Å². The Labute approximate surface area is 117 Å². The lowest BCUT2D eigenvalue weighted by Crippen LogP contribution is -3.14. The fourth-order valence-electron chi connectivity index (χ4n) is 2.30. The molecule has 1 saturated heterocycles. The van der Waals surface area contributed by atoms with Gasteiger partial charge in [-0.2, -0.15) is 4.68 Å². The predicted octanol–water partition coefficient (Wildman–Crippen LogP) is -1.01. The van der Waals surface area contributed by atoms with Crippen molar-refractivity contribution in [1.82, 2.24) is 20.2 Å². The van der Waals surface area contributed by atoms with Crippen molar-refractivity contribution in [2.75, 3.05) is 44.7 Å². The number of anilines is 1. The van der Waals surface area contributed by atoms with E-state index in [4.69, 9.17) is 4.74 Å². The van der Waals surface area contributed by atoms with Gasteiger partial charge in [-0.15, -0.1) is 0 Å². The molecule has 1 aliphatic heterocycles. The van der Waals surface area contributed by atoms with Crippen LogP contribution in [-0.2, 0) is 4.74 Å². The van der Waals surface area contributed by atoms with Crippen LogP contribution in [0.5, 0.6) is 0 Å². The number of para-hydroxylation sites is 1. The highest BCUT2D eigenvalue weighted by atomic mass is 16.5. The van der Waals surface area contributed by atoms with Crippen molar-refractivity contribution in [1.29, 1.82) is 0 Å². The molecule has 1 aromatic carbocycles. The number of nitrogens with one attached hydrogen (secondary N) is 2. The number of hydrogen-bond acceptors (Lipinski definition) is 5. The molecule has 3 rings (SSSR count). The summed E-state index contributed by atoms with van der Waals surface area (Å²) in [7, 11) is 0. The molecule has 1 aromatic heterocycles. The van der Waals surface area contributed by atoms with Gasteiger partial charge in [0.15, 0.2) is 0 Å². The van der Waals surface area contributed by atoms with E-state index in [1.165, 1.54) is 0 Å². The van der Waals surface area contributed by atoms with Gasteiger partial charge in [-0.25, -0.2) is 0 Å². The lowest BCUT2D eigenvalue weighted by atomic mass is 10.3. The average molecular weight is 275 g/mol. The van der Waals surface area contributed by atoms with Crippen molar-refractivity contribution in [2.45, 2.75) is 0 Å². The number of quaternary nitrogens is 1. The maximum Gasteiger partial charge on any atom is 0.247 e. The molecule has 0 amide bonds. The van der Waals surface area contributed by atoms with Crippen LogP contribution in [-0.4, -0.2) is 59.6 Å². The molecule has 0 radical (unpaired) electrons. The van der Waals surface area contributed by atoms with E-state index in [-0.39, 0.29) is 0 Å². The van der Waals surface area contributed by atoms with Crippen LogP contribution < -0.4 is 10.2 Å². The molecule has 1 aliphatic rings. The number of morpholine rings is 1. The zero-order valence-corrected chi connectivity index (χ0v) is 11.3. The van der Waals surface area contributed by atoms with Gasteiger partial charge in [-0.05, 0) is 22.6 Å². The van der Waals surface area contributed by atoms with Crippen molar-refractivity contribution in [3.8, 4) is 5.69 Å². The average Bonchev–Trinajstić information content (AvgIpc) is 2.98. The quantitative estimate of drug-likeness (QED) is 0.732. The molecular formula is C13H19N6O+. The van der Waals surface area contributed by atoms with Gasteiger partial charge in [-0.3, -0.25) is 0 Å². The highest BCUT2D eigenvalue weighted by Gasteiger charge is 2.14. The Morgan fingerprint density at radius 2 is 2.00 bits per heavy atom. The van der Waals surface area contributed by atoms with Crippen LogP contribution in [0, 0.1) is 0 Å². The van der Waals surface area contributed by atoms with E-state index in [0.717, 1.165) is 45.1 Å². The fraction of sp³-hybridized carbons (Fsp3) is 0.462. The maximum absolute atomic E-state index is 5.35. The molecule has 7 nitrogen and oxygen atoms in total. The molecule has 20 heavy (non-hydrogen) atoms. The molecule has 0 bridgehead atoms. The Hall–Kier alpha value is -1.99. The summed E-state index contributed by atoms with van der Waals surface area (Å²) in [5, 5.41) is 15.1. The third kappa shape index (κ3) is 3.12. The second-order valence-electron chi connectivity index (χ2n) is 4.79. The molecule has 106 valence electrons. The van der Waals surface area contributed by atoms with Crippen molar-refractivity contribution in [3.63, 3.8) is 0 Å². The SMILES string of the molecule is c1ccc(-n2nnnc2NCC[NH+]2CCOCC2)cc1. The lowest BCUT2D eigenvalue weighted by Gasteiger charge is -2.23. The van der Waals surface area contributed by atoms with Crippen LogP contribution in [0.25, 0.3) is 5.69 Å². The second kappa shape index (κ2) is 6.44. The zero-order valence-electron chi connectivity index (χ0n) is 11.3. The molecular weight excluding hydrogens is 256 g/mol. The van der Waals surface area contributed by atoms with Gasteiger partial charge in [0, 0.05) is 0 Å². The van der Waals surface area contributed by atoms with Gasteiger partial charge < -0.3 is 15.0 Å². The molecule has 0 spiro atoms. The minimum absolute atomic E-state index is 0.684. The van der Waals surface area contributed by atoms with Crippen molar-refractivity contribution in [3.05, 3.63) is 30.3 Å².